The third-order valence-corrected chi connectivity index (χ3v) is 4.78. The van der Waals surface area contributed by atoms with Crippen LogP contribution in [-0.4, -0.2) is 17.6 Å². The second-order valence-corrected chi connectivity index (χ2v) is 6.92. The van der Waals surface area contributed by atoms with E-state index in [0.717, 1.165) is 29.2 Å². The molecule has 1 aromatic heterocycles. The number of nitrogens with one attached hydrogen (secondary N) is 1. The summed E-state index contributed by atoms with van der Waals surface area (Å²) in [5.41, 5.74) is 3.61. The van der Waals surface area contributed by atoms with Gasteiger partial charge in [0.05, 0.1) is 10.7 Å². The van der Waals surface area contributed by atoms with Crippen molar-refractivity contribution in [3.8, 4) is 11.3 Å². The average molecular weight is 337 g/mol. The molecule has 0 radical (unpaired) electrons. The minimum atomic E-state index is 0.784. The quantitative estimate of drug-likeness (QED) is 0.886. The van der Waals surface area contributed by atoms with Gasteiger partial charge < -0.3 is 5.32 Å². The van der Waals surface area contributed by atoms with Crippen LogP contribution >= 0.6 is 27.3 Å². The van der Waals surface area contributed by atoms with E-state index in [9.17, 15) is 0 Å². The largest absolute Gasteiger partial charge is 0.314 e. The second-order valence-electron chi connectivity index (χ2n) is 5.06. The first-order valence-corrected chi connectivity index (χ1v) is 8.34. The van der Waals surface area contributed by atoms with Crippen LogP contribution in [0.25, 0.3) is 11.3 Å². The van der Waals surface area contributed by atoms with Crippen molar-refractivity contribution in [2.45, 2.75) is 32.2 Å². The van der Waals surface area contributed by atoms with Crippen molar-refractivity contribution < 1.29 is 0 Å². The third-order valence-electron chi connectivity index (χ3n) is 3.38. The monoisotopic (exact) mass is 336 g/mol. The van der Waals surface area contributed by atoms with Gasteiger partial charge in [0.1, 0.15) is 0 Å². The Kier molecular flexibility index (Phi) is 4.01. The molecule has 0 saturated heterocycles. The summed E-state index contributed by atoms with van der Waals surface area (Å²) in [6, 6.07) is 7.14. The molecule has 0 spiro atoms. The van der Waals surface area contributed by atoms with E-state index in [1.807, 2.05) is 0 Å². The SMILES string of the molecule is Cc1ccc(Br)cc1-c1csc(CCNC2CC2)n1. The summed E-state index contributed by atoms with van der Waals surface area (Å²) in [6.07, 6.45) is 3.73. The number of rotatable bonds is 5. The lowest BCUT2D eigenvalue weighted by Crippen LogP contribution is -2.19. The first-order valence-electron chi connectivity index (χ1n) is 6.67. The van der Waals surface area contributed by atoms with Crippen molar-refractivity contribution in [3.05, 3.63) is 38.6 Å². The smallest absolute Gasteiger partial charge is 0.0945 e. The van der Waals surface area contributed by atoms with Crippen LogP contribution in [0.15, 0.2) is 28.1 Å². The van der Waals surface area contributed by atoms with Gasteiger partial charge in [-0.25, -0.2) is 4.98 Å². The number of hydrogen-bond donors (Lipinski definition) is 1. The number of thiazole rings is 1. The van der Waals surface area contributed by atoms with Crippen LogP contribution in [-0.2, 0) is 6.42 Å². The zero-order valence-corrected chi connectivity index (χ0v) is 13.4. The molecule has 100 valence electrons. The van der Waals surface area contributed by atoms with Gasteiger partial charge in [0, 0.05) is 34.4 Å². The first-order chi connectivity index (χ1) is 9.22. The molecule has 0 bridgehead atoms. The van der Waals surface area contributed by atoms with Crippen molar-refractivity contribution in [2.24, 2.45) is 0 Å². The lowest BCUT2D eigenvalue weighted by molar-refractivity contribution is 0.680. The molecule has 4 heteroatoms. The number of aryl methyl sites for hydroxylation is 1. The summed E-state index contributed by atoms with van der Waals surface area (Å²) < 4.78 is 1.11. The van der Waals surface area contributed by atoms with Crippen molar-refractivity contribution in [1.82, 2.24) is 10.3 Å². The maximum atomic E-state index is 4.76. The molecular formula is C15H17BrN2S. The molecule has 1 fully saturated rings. The van der Waals surface area contributed by atoms with E-state index in [4.69, 9.17) is 4.98 Å². The predicted octanol–water partition coefficient (Wildman–Crippen LogP) is 4.18. The highest BCUT2D eigenvalue weighted by molar-refractivity contribution is 9.10. The summed E-state index contributed by atoms with van der Waals surface area (Å²) >= 11 is 5.30. The molecule has 2 aromatic rings. The minimum absolute atomic E-state index is 0.784. The molecule has 0 amide bonds. The Hall–Kier alpha value is -0.710. The van der Waals surface area contributed by atoms with E-state index in [0.29, 0.717) is 0 Å². The Morgan fingerprint density at radius 3 is 3.05 bits per heavy atom. The Balaban J connectivity index is 1.70. The van der Waals surface area contributed by atoms with Gasteiger partial charge >= 0.3 is 0 Å². The van der Waals surface area contributed by atoms with Crippen LogP contribution < -0.4 is 5.32 Å². The normalized spacial score (nSPS) is 14.8. The van der Waals surface area contributed by atoms with Gasteiger partial charge in [-0.05, 0) is 37.5 Å². The summed E-state index contributed by atoms with van der Waals surface area (Å²) in [5.74, 6) is 0. The topological polar surface area (TPSA) is 24.9 Å². The lowest BCUT2D eigenvalue weighted by Gasteiger charge is -2.03. The third kappa shape index (κ3) is 3.44. The second kappa shape index (κ2) is 5.73. The van der Waals surface area contributed by atoms with Crippen LogP contribution in [0.4, 0.5) is 0 Å². The van der Waals surface area contributed by atoms with Gasteiger partial charge in [-0.2, -0.15) is 0 Å². The Labute approximate surface area is 126 Å². The van der Waals surface area contributed by atoms with Gasteiger partial charge in [0.25, 0.3) is 0 Å². The molecule has 19 heavy (non-hydrogen) atoms. The Morgan fingerprint density at radius 2 is 2.26 bits per heavy atom. The van der Waals surface area contributed by atoms with Crippen molar-refractivity contribution in [2.75, 3.05) is 6.54 Å². The molecule has 2 nitrogen and oxygen atoms in total. The summed E-state index contributed by atoms with van der Waals surface area (Å²) in [6.45, 7) is 3.19. The number of nitrogens with zero attached hydrogens (tertiary/aromatic N) is 1. The fraction of sp³-hybridized carbons (Fsp3) is 0.400. The molecule has 1 aliphatic rings. The fourth-order valence-corrected chi connectivity index (χ4v) is 3.25. The van der Waals surface area contributed by atoms with Crippen molar-refractivity contribution >= 4 is 27.3 Å². The zero-order valence-electron chi connectivity index (χ0n) is 10.9. The first kappa shape index (κ1) is 13.3. The maximum Gasteiger partial charge on any atom is 0.0945 e. The van der Waals surface area contributed by atoms with Crippen LogP contribution in [0.2, 0.25) is 0 Å². The van der Waals surface area contributed by atoms with Crippen molar-refractivity contribution in [1.29, 1.82) is 0 Å². The van der Waals surface area contributed by atoms with E-state index < -0.39 is 0 Å². The number of benzene rings is 1. The Bertz CT molecular complexity index is 575. The fourth-order valence-electron chi connectivity index (χ4n) is 2.09. The molecular weight excluding hydrogens is 320 g/mol. The summed E-state index contributed by atoms with van der Waals surface area (Å²) in [7, 11) is 0. The van der Waals surface area contributed by atoms with Crippen molar-refractivity contribution in [3.63, 3.8) is 0 Å². The van der Waals surface area contributed by atoms with Gasteiger partial charge in [0.15, 0.2) is 0 Å². The lowest BCUT2D eigenvalue weighted by atomic mass is 10.1. The number of aromatic nitrogens is 1. The van der Waals surface area contributed by atoms with E-state index in [2.05, 4.69) is 51.7 Å². The van der Waals surface area contributed by atoms with Gasteiger partial charge in [-0.3, -0.25) is 0 Å². The number of halogens is 1. The standard InChI is InChI=1S/C15H17BrN2S/c1-10-2-3-11(16)8-13(10)14-9-19-15(18-14)6-7-17-12-4-5-12/h2-3,8-9,12,17H,4-7H2,1H3. The highest BCUT2D eigenvalue weighted by Crippen LogP contribution is 2.28. The number of hydrogen-bond acceptors (Lipinski definition) is 3. The Morgan fingerprint density at radius 1 is 1.42 bits per heavy atom. The molecule has 0 atom stereocenters. The molecule has 1 heterocycles. The highest BCUT2D eigenvalue weighted by atomic mass is 79.9. The molecule has 1 aliphatic carbocycles. The molecule has 1 aromatic carbocycles. The van der Waals surface area contributed by atoms with Crippen LogP contribution in [0.5, 0.6) is 0 Å². The predicted molar refractivity (Wildman–Crippen MR) is 84.7 cm³/mol. The van der Waals surface area contributed by atoms with Crippen LogP contribution in [0, 0.1) is 6.92 Å². The van der Waals surface area contributed by atoms with E-state index in [1.165, 1.54) is 29.0 Å². The molecule has 1 saturated carbocycles. The minimum Gasteiger partial charge on any atom is -0.314 e. The van der Waals surface area contributed by atoms with Crippen LogP contribution in [0.3, 0.4) is 0 Å². The zero-order chi connectivity index (χ0) is 13.2. The van der Waals surface area contributed by atoms with Gasteiger partial charge in [-0.15, -0.1) is 11.3 Å². The van der Waals surface area contributed by atoms with E-state index >= 15 is 0 Å². The van der Waals surface area contributed by atoms with Gasteiger partial charge in [-0.1, -0.05) is 22.0 Å². The average Bonchev–Trinajstić information content (AvgIpc) is 3.10. The molecule has 0 aliphatic heterocycles. The molecule has 0 unspecified atom stereocenters. The van der Waals surface area contributed by atoms with E-state index in [1.54, 1.807) is 11.3 Å². The maximum absolute atomic E-state index is 4.76. The summed E-state index contributed by atoms with van der Waals surface area (Å²) in [5, 5.41) is 6.93. The van der Waals surface area contributed by atoms with E-state index in [-0.39, 0.29) is 0 Å². The highest BCUT2D eigenvalue weighted by Gasteiger charge is 2.19. The van der Waals surface area contributed by atoms with Crippen LogP contribution in [0.1, 0.15) is 23.4 Å². The molecule has 1 N–H and O–H groups in total. The van der Waals surface area contributed by atoms with Gasteiger partial charge in [0.2, 0.25) is 0 Å². The molecule has 3 rings (SSSR count). The summed E-state index contributed by atoms with van der Waals surface area (Å²) in [4.78, 5) is 4.76.